The van der Waals surface area contributed by atoms with Crippen molar-refractivity contribution in [2.24, 2.45) is 0 Å². The lowest BCUT2D eigenvalue weighted by atomic mass is 10.1. The zero-order valence-electron chi connectivity index (χ0n) is 18.0. The summed E-state index contributed by atoms with van der Waals surface area (Å²) < 4.78 is 11.1. The maximum absolute atomic E-state index is 12.5. The highest BCUT2D eigenvalue weighted by Gasteiger charge is 2.29. The number of benzene rings is 2. The van der Waals surface area contributed by atoms with Crippen LogP contribution < -0.4 is 5.32 Å². The summed E-state index contributed by atoms with van der Waals surface area (Å²) in [5.74, 6) is 0.818. The van der Waals surface area contributed by atoms with E-state index in [1.807, 2.05) is 100 Å². The fourth-order valence-corrected chi connectivity index (χ4v) is 3.14. The quantitative estimate of drug-likeness (QED) is 0.654. The summed E-state index contributed by atoms with van der Waals surface area (Å²) in [5.41, 5.74) is 1.25. The van der Waals surface area contributed by atoms with Gasteiger partial charge in [0.15, 0.2) is 5.82 Å². The zero-order chi connectivity index (χ0) is 21.7. The van der Waals surface area contributed by atoms with Crippen LogP contribution in [0.4, 0.5) is 4.79 Å². The fourth-order valence-electron chi connectivity index (χ4n) is 3.14. The Bertz CT molecular complexity index is 949. The molecule has 7 nitrogen and oxygen atoms in total. The first-order valence-electron chi connectivity index (χ1n) is 9.84. The molecular formula is C23H28N4O3. The Morgan fingerprint density at radius 2 is 1.57 bits per heavy atom. The van der Waals surface area contributed by atoms with Crippen molar-refractivity contribution in [3.05, 3.63) is 83.5 Å². The molecule has 3 rings (SSSR count). The van der Waals surface area contributed by atoms with Crippen LogP contribution in [0.3, 0.4) is 0 Å². The van der Waals surface area contributed by atoms with Crippen LogP contribution in [0.25, 0.3) is 0 Å². The smallest absolute Gasteiger partial charge is 0.408 e. The van der Waals surface area contributed by atoms with Crippen LogP contribution in [0, 0.1) is 0 Å². The van der Waals surface area contributed by atoms with E-state index in [0.29, 0.717) is 11.7 Å². The van der Waals surface area contributed by atoms with Gasteiger partial charge in [-0.3, -0.25) is 4.90 Å². The third kappa shape index (κ3) is 5.45. The van der Waals surface area contributed by atoms with Gasteiger partial charge in [0.1, 0.15) is 17.7 Å². The number of aromatic nitrogens is 2. The Hall–Kier alpha value is -3.19. The molecule has 2 atom stereocenters. The Morgan fingerprint density at radius 3 is 2.10 bits per heavy atom. The first-order chi connectivity index (χ1) is 14.2. The number of hydrogen-bond donors (Lipinski definition) is 1. The monoisotopic (exact) mass is 408 g/mol. The highest BCUT2D eigenvalue weighted by Crippen LogP contribution is 2.28. The van der Waals surface area contributed by atoms with Crippen molar-refractivity contribution < 1.29 is 14.1 Å². The second-order valence-electron chi connectivity index (χ2n) is 8.26. The topological polar surface area (TPSA) is 80.5 Å². The summed E-state index contributed by atoms with van der Waals surface area (Å²) in [6.45, 7) is 5.45. The third-order valence-corrected chi connectivity index (χ3v) is 4.38. The van der Waals surface area contributed by atoms with E-state index in [1.165, 1.54) is 0 Å². The number of carbonyl (C=O) groups excluding carboxylic acids is 1. The summed E-state index contributed by atoms with van der Waals surface area (Å²) in [7, 11) is 3.91. The van der Waals surface area contributed by atoms with Crippen molar-refractivity contribution in [2.75, 3.05) is 14.1 Å². The van der Waals surface area contributed by atoms with E-state index in [2.05, 4.69) is 15.5 Å². The molecule has 0 spiro atoms. The molecule has 0 radical (unpaired) electrons. The van der Waals surface area contributed by atoms with Gasteiger partial charge in [0.2, 0.25) is 5.89 Å². The molecule has 0 saturated carbocycles. The Labute approximate surface area is 177 Å². The minimum Gasteiger partial charge on any atom is -0.444 e. The second-order valence-corrected chi connectivity index (χ2v) is 8.26. The molecule has 0 unspecified atom stereocenters. The van der Waals surface area contributed by atoms with Crippen LogP contribution in [-0.4, -0.2) is 40.8 Å². The van der Waals surface area contributed by atoms with Crippen LogP contribution >= 0.6 is 0 Å². The molecule has 0 fully saturated rings. The van der Waals surface area contributed by atoms with Crippen molar-refractivity contribution in [1.82, 2.24) is 20.4 Å². The third-order valence-electron chi connectivity index (χ3n) is 4.38. The van der Waals surface area contributed by atoms with Gasteiger partial charge in [-0.15, -0.1) is 0 Å². The van der Waals surface area contributed by atoms with Gasteiger partial charge in [-0.25, -0.2) is 4.79 Å². The summed E-state index contributed by atoms with van der Waals surface area (Å²) in [4.78, 5) is 19.1. The molecule has 0 aliphatic heterocycles. The number of alkyl carbamates (subject to hydrolysis) is 1. The van der Waals surface area contributed by atoms with E-state index in [1.54, 1.807) is 0 Å². The first kappa shape index (κ1) is 21.5. The number of nitrogens with zero attached hydrogens (tertiary/aromatic N) is 3. The van der Waals surface area contributed by atoms with Gasteiger partial charge >= 0.3 is 6.09 Å². The first-order valence-corrected chi connectivity index (χ1v) is 9.84. The minimum atomic E-state index is -0.614. The lowest BCUT2D eigenvalue weighted by Gasteiger charge is -2.22. The normalized spacial score (nSPS) is 13.7. The predicted molar refractivity (Wildman–Crippen MR) is 114 cm³/mol. The van der Waals surface area contributed by atoms with Crippen molar-refractivity contribution >= 4 is 6.09 Å². The molecule has 30 heavy (non-hydrogen) atoms. The molecule has 0 bridgehead atoms. The SMILES string of the molecule is CN(C)[C@@H](c1ccccc1)c1nc([C@H](NC(=O)OC(C)(C)C)c2ccccc2)no1. The molecule has 1 N–H and O–H groups in total. The summed E-state index contributed by atoms with van der Waals surface area (Å²) in [5, 5.41) is 7.06. The summed E-state index contributed by atoms with van der Waals surface area (Å²) in [6.07, 6.45) is -0.546. The lowest BCUT2D eigenvalue weighted by Crippen LogP contribution is -2.35. The van der Waals surface area contributed by atoms with Crippen molar-refractivity contribution in [2.45, 2.75) is 38.5 Å². The van der Waals surface area contributed by atoms with Gasteiger partial charge in [-0.2, -0.15) is 4.98 Å². The van der Waals surface area contributed by atoms with E-state index in [4.69, 9.17) is 9.26 Å². The molecule has 0 saturated heterocycles. The van der Waals surface area contributed by atoms with E-state index >= 15 is 0 Å². The Balaban J connectivity index is 1.93. The van der Waals surface area contributed by atoms with Gasteiger partial charge in [0.05, 0.1) is 0 Å². The minimum absolute atomic E-state index is 0.203. The number of carbonyl (C=O) groups is 1. The highest BCUT2D eigenvalue weighted by atomic mass is 16.6. The summed E-state index contributed by atoms with van der Waals surface area (Å²) in [6, 6.07) is 18.6. The van der Waals surface area contributed by atoms with E-state index in [0.717, 1.165) is 11.1 Å². The largest absolute Gasteiger partial charge is 0.444 e. The van der Waals surface area contributed by atoms with E-state index in [9.17, 15) is 4.79 Å². The van der Waals surface area contributed by atoms with Gasteiger partial charge < -0.3 is 14.6 Å². The van der Waals surface area contributed by atoms with Gasteiger partial charge in [-0.05, 0) is 46.0 Å². The summed E-state index contributed by atoms with van der Waals surface area (Å²) >= 11 is 0. The van der Waals surface area contributed by atoms with Gasteiger partial charge in [0.25, 0.3) is 0 Å². The fraction of sp³-hybridized carbons (Fsp3) is 0.348. The van der Waals surface area contributed by atoms with Crippen LogP contribution in [0.5, 0.6) is 0 Å². The molecular weight excluding hydrogens is 380 g/mol. The molecule has 1 heterocycles. The average molecular weight is 409 g/mol. The van der Waals surface area contributed by atoms with Crippen LogP contribution in [0.2, 0.25) is 0 Å². The van der Waals surface area contributed by atoms with Gasteiger partial charge in [-0.1, -0.05) is 65.8 Å². The predicted octanol–water partition coefficient (Wildman–Crippen LogP) is 4.33. The maximum atomic E-state index is 12.5. The van der Waals surface area contributed by atoms with Crippen molar-refractivity contribution in [3.63, 3.8) is 0 Å². The van der Waals surface area contributed by atoms with Crippen LogP contribution in [0.15, 0.2) is 65.2 Å². The molecule has 1 aromatic heterocycles. The van der Waals surface area contributed by atoms with E-state index in [-0.39, 0.29) is 6.04 Å². The van der Waals surface area contributed by atoms with Crippen molar-refractivity contribution in [1.29, 1.82) is 0 Å². The van der Waals surface area contributed by atoms with Crippen LogP contribution in [-0.2, 0) is 4.74 Å². The molecule has 158 valence electrons. The highest BCUT2D eigenvalue weighted by molar-refractivity contribution is 5.69. The molecule has 0 aliphatic carbocycles. The maximum Gasteiger partial charge on any atom is 0.408 e. The molecule has 2 aromatic carbocycles. The number of ether oxygens (including phenoxy) is 1. The second kappa shape index (κ2) is 9.09. The number of rotatable bonds is 6. The molecule has 7 heteroatoms. The lowest BCUT2D eigenvalue weighted by molar-refractivity contribution is 0.0510. The number of hydrogen-bond acceptors (Lipinski definition) is 6. The molecule has 0 aliphatic rings. The molecule has 3 aromatic rings. The molecule has 1 amide bonds. The van der Waals surface area contributed by atoms with E-state index < -0.39 is 17.7 Å². The number of nitrogens with one attached hydrogen (secondary N) is 1. The Morgan fingerprint density at radius 1 is 1.00 bits per heavy atom. The Kier molecular flexibility index (Phi) is 6.52. The van der Waals surface area contributed by atoms with Crippen molar-refractivity contribution in [3.8, 4) is 0 Å². The van der Waals surface area contributed by atoms with Gasteiger partial charge in [0, 0.05) is 0 Å². The standard InChI is InChI=1S/C23H28N4O3/c1-23(2,3)29-22(28)24-18(16-12-8-6-9-13-16)20-25-21(30-26-20)19(27(4)5)17-14-10-7-11-15-17/h6-15,18-19H,1-5H3,(H,24,28)/t18-,19+/m1/s1. The average Bonchev–Trinajstić information content (AvgIpc) is 3.15. The van der Waals surface area contributed by atoms with Crippen LogP contribution in [0.1, 0.15) is 55.7 Å². The number of amides is 1. The zero-order valence-corrected chi connectivity index (χ0v) is 18.0.